The van der Waals surface area contributed by atoms with Crippen molar-refractivity contribution in [1.29, 1.82) is 0 Å². The van der Waals surface area contributed by atoms with E-state index in [1.807, 2.05) is 88.4 Å². The van der Waals surface area contributed by atoms with Crippen LogP contribution < -0.4 is 64.6 Å². The Hall–Kier alpha value is -9.77. The summed E-state index contributed by atoms with van der Waals surface area (Å²) in [7, 11) is 1.88. The smallest absolute Gasteiger partial charge is 0.244 e. The van der Waals surface area contributed by atoms with Crippen LogP contribution in [0.3, 0.4) is 0 Å². The highest BCUT2D eigenvalue weighted by molar-refractivity contribution is 8.76. The Bertz CT molecular complexity index is 3880. The van der Waals surface area contributed by atoms with Crippen molar-refractivity contribution in [1.82, 2.24) is 58.1 Å². The SMILES string of the molecule is CC(=O)C[C@H](NC(=O)[C@H](Cc1ccc(-c2ccccc2)cc1)NC(=O)[C@@H]1CSSC[C@H](NC(=O)[C@@H]2CCCN2C(=O)[C@@H](N)CC(C)C)C(=O)N[C@@H](CC(C)=O)C(=O)N[C@@H](Cc2ccc(C)cc2)C(=O)N[C@@H](Cc2ccc(C)cc2)C(=O)NCC(=O)NC(C(C)C)C(=O)N1)C(=O)NCc1cccc(CN)c1. The van der Waals surface area contributed by atoms with Crippen LogP contribution in [0, 0.1) is 25.7 Å². The summed E-state index contributed by atoms with van der Waals surface area (Å²) in [6.45, 7) is 13.0. The fourth-order valence-corrected chi connectivity index (χ4v) is 14.4. The third-order valence-corrected chi connectivity index (χ3v) is 20.3. The average molecular weight is 1480 g/mol. The molecule has 0 bridgehead atoms. The lowest BCUT2D eigenvalue weighted by molar-refractivity contribution is -0.140. The van der Waals surface area contributed by atoms with Gasteiger partial charge in [0.25, 0.3) is 0 Å². The van der Waals surface area contributed by atoms with Crippen LogP contribution in [0.4, 0.5) is 0 Å². The molecule has 0 aromatic heterocycles. The van der Waals surface area contributed by atoms with Crippen molar-refractivity contribution in [2.75, 3.05) is 24.6 Å². The summed E-state index contributed by atoms with van der Waals surface area (Å²) < 4.78 is 0. The number of Topliss-reactive ketones (excluding diaryl/α,β-unsaturated/α-hetero) is 2. The number of nitrogens with one attached hydrogen (secondary N) is 10. The molecule has 5 aromatic rings. The standard InChI is InChI=1S/C77H99N13O13S2/c1-44(2)32-57(79)77(103)90-31-13-18-65(90)75(101)87-63-42-104-105-43-64(74(100)86-62(38-52-27-29-56(30-28-52)55-16-10-9-11-17-55)71(97)82-58(33-48(7)91)68(94)80-40-54-15-12-14-53(35-54)39-78)88-76(102)67(45(3)4)89-66(93)41-81-69(95)60(36-50-23-19-46(5)20-24-50)84-72(98)61(37-51-25-21-47(6)22-26-51)85-70(96)59(34-49(8)92)83-73(63)99/h9-12,14-17,19-30,35,44-45,57-65,67H,13,18,31-34,36-43,78-79H2,1-8H3,(H,80,94)(H,81,95)(H,82,97)(H,83,99)(H,84,98)(H,85,96)(H,86,100)(H,87,101)(H,88,102)(H,89,93)/t57-,58-,59-,60-,61-,62-,63-,64-,65-,67?/m0/s1. The maximum Gasteiger partial charge on any atom is 0.244 e. The summed E-state index contributed by atoms with van der Waals surface area (Å²) in [5.74, 6) is -11.4. The minimum Gasteiger partial charge on any atom is -0.350 e. The van der Waals surface area contributed by atoms with Gasteiger partial charge in [-0.25, -0.2) is 0 Å². The Morgan fingerprint density at radius 3 is 1.76 bits per heavy atom. The molecular weight excluding hydrogens is 1380 g/mol. The molecule has 26 nitrogen and oxygen atoms in total. The Morgan fingerprint density at radius 2 is 1.16 bits per heavy atom. The number of ketones is 2. The molecule has 2 aliphatic heterocycles. The summed E-state index contributed by atoms with van der Waals surface area (Å²) >= 11 is 0. The van der Waals surface area contributed by atoms with Gasteiger partial charge < -0.3 is 69.5 Å². The zero-order valence-corrected chi connectivity index (χ0v) is 62.3. The van der Waals surface area contributed by atoms with Gasteiger partial charge in [-0.3, -0.25) is 62.3 Å². The number of benzene rings is 5. The van der Waals surface area contributed by atoms with Crippen molar-refractivity contribution in [2.24, 2.45) is 23.3 Å². The van der Waals surface area contributed by atoms with Crippen LogP contribution >= 0.6 is 21.6 Å². The van der Waals surface area contributed by atoms with Crippen molar-refractivity contribution in [2.45, 2.75) is 180 Å². The second kappa shape index (κ2) is 40.5. The molecule has 1 unspecified atom stereocenters. The first-order valence-electron chi connectivity index (χ1n) is 35.3. The van der Waals surface area contributed by atoms with Crippen molar-refractivity contribution in [3.8, 4) is 11.1 Å². The topological polar surface area (TPSA) is 397 Å². The van der Waals surface area contributed by atoms with E-state index in [4.69, 9.17) is 11.5 Å². The zero-order chi connectivity index (χ0) is 76.4. The summed E-state index contributed by atoms with van der Waals surface area (Å²) in [6, 6.07) is 24.0. The van der Waals surface area contributed by atoms with Crippen LogP contribution in [-0.2, 0) is 94.7 Å². The molecule has 0 aliphatic carbocycles. The summed E-state index contributed by atoms with van der Waals surface area (Å²) in [4.78, 5) is 188. The van der Waals surface area contributed by atoms with Gasteiger partial charge in [0.05, 0.1) is 12.6 Å². The maximum atomic E-state index is 15.3. The summed E-state index contributed by atoms with van der Waals surface area (Å²) in [6.07, 6.45) is -0.525. The number of nitrogens with two attached hydrogens (primary N) is 2. The Morgan fingerprint density at radius 1 is 0.581 bits per heavy atom. The number of nitrogens with zero attached hydrogens (tertiary/aromatic N) is 1. The second-order valence-corrected chi connectivity index (χ2v) is 30.2. The molecule has 2 fully saturated rings. The number of amides is 11. The fourth-order valence-electron chi connectivity index (χ4n) is 12.1. The molecule has 562 valence electrons. The summed E-state index contributed by atoms with van der Waals surface area (Å²) in [5.41, 5.74) is 19.0. The van der Waals surface area contributed by atoms with Gasteiger partial charge >= 0.3 is 0 Å². The second-order valence-electron chi connectivity index (χ2n) is 27.6. The fraction of sp³-hybridized carbons (Fsp3) is 0.442. The normalized spacial score (nSPS) is 20.5. The molecule has 2 aliphatic rings. The number of carbonyl (C=O) groups is 13. The van der Waals surface area contributed by atoms with Crippen LogP contribution in [0.1, 0.15) is 113 Å². The lowest BCUT2D eigenvalue weighted by Gasteiger charge is -2.29. The molecule has 2 heterocycles. The van der Waals surface area contributed by atoms with E-state index in [0.29, 0.717) is 35.1 Å². The van der Waals surface area contributed by atoms with Gasteiger partial charge in [0.1, 0.15) is 65.9 Å². The van der Waals surface area contributed by atoms with E-state index < -0.39 is 162 Å². The van der Waals surface area contributed by atoms with Gasteiger partial charge in [-0.05, 0) is 97.7 Å². The predicted molar refractivity (Wildman–Crippen MR) is 402 cm³/mol. The molecule has 0 saturated carbocycles. The average Bonchev–Trinajstić information content (AvgIpc) is 1.72. The van der Waals surface area contributed by atoms with Gasteiger partial charge in [-0.2, -0.15) is 0 Å². The van der Waals surface area contributed by atoms with E-state index in [1.165, 1.54) is 18.7 Å². The van der Waals surface area contributed by atoms with Crippen LogP contribution in [-0.4, -0.2) is 166 Å². The van der Waals surface area contributed by atoms with Crippen molar-refractivity contribution in [3.05, 3.63) is 166 Å². The monoisotopic (exact) mass is 1480 g/mol. The van der Waals surface area contributed by atoms with Gasteiger partial charge in [-0.15, -0.1) is 0 Å². The van der Waals surface area contributed by atoms with Crippen molar-refractivity contribution < 1.29 is 62.3 Å². The number of carbonyl (C=O) groups excluding carboxylic acids is 13. The molecule has 0 radical (unpaired) electrons. The van der Waals surface area contributed by atoms with Gasteiger partial charge in [0.15, 0.2) is 0 Å². The van der Waals surface area contributed by atoms with Gasteiger partial charge in [-0.1, -0.05) is 188 Å². The molecule has 14 N–H and O–H groups in total. The van der Waals surface area contributed by atoms with Crippen LogP contribution in [0.15, 0.2) is 127 Å². The quantitative estimate of drug-likeness (QED) is 0.0373. The highest BCUT2D eigenvalue weighted by atomic mass is 33.1. The number of hydrogen-bond acceptors (Lipinski definition) is 17. The maximum absolute atomic E-state index is 15.3. The van der Waals surface area contributed by atoms with E-state index in [9.17, 15) is 52.7 Å². The third kappa shape index (κ3) is 26.1. The lowest BCUT2D eigenvalue weighted by atomic mass is 9.99. The highest BCUT2D eigenvalue weighted by Crippen LogP contribution is 2.26. The Balaban J connectivity index is 1.27. The van der Waals surface area contributed by atoms with E-state index >= 15 is 9.59 Å². The largest absolute Gasteiger partial charge is 0.350 e. The van der Waals surface area contributed by atoms with Gasteiger partial charge in [0.2, 0.25) is 65.0 Å². The zero-order valence-electron chi connectivity index (χ0n) is 60.7. The Labute approximate surface area is 620 Å². The highest BCUT2D eigenvalue weighted by Gasteiger charge is 2.40. The number of likely N-dealkylation sites (tertiary alicyclic amines) is 1. The number of rotatable bonds is 25. The van der Waals surface area contributed by atoms with E-state index in [1.54, 1.807) is 80.6 Å². The molecule has 11 amide bonds. The van der Waals surface area contributed by atoms with Crippen LogP contribution in [0.2, 0.25) is 0 Å². The molecule has 105 heavy (non-hydrogen) atoms. The molecule has 5 aromatic carbocycles. The molecule has 0 spiro atoms. The first-order valence-corrected chi connectivity index (χ1v) is 37.8. The molecule has 7 rings (SSSR count). The third-order valence-electron chi connectivity index (χ3n) is 17.9. The van der Waals surface area contributed by atoms with Crippen molar-refractivity contribution >= 4 is 98.1 Å². The summed E-state index contributed by atoms with van der Waals surface area (Å²) in [5, 5.41) is 27.2. The number of aryl methyl sites for hydroxylation is 2. The molecule has 2 saturated heterocycles. The van der Waals surface area contributed by atoms with Gasteiger partial charge in [0, 0.05) is 63.2 Å². The minimum absolute atomic E-state index is 0.0159. The first-order chi connectivity index (χ1) is 50.0. The Kier molecular flexibility index (Phi) is 31.8. The van der Waals surface area contributed by atoms with E-state index in [2.05, 4.69) is 53.2 Å². The van der Waals surface area contributed by atoms with E-state index in [-0.39, 0.29) is 62.7 Å². The van der Waals surface area contributed by atoms with E-state index in [0.717, 1.165) is 49.4 Å². The number of hydrogen-bond donors (Lipinski definition) is 12. The van der Waals surface area contributed by atoms with Crippen LogP contribution in [0.25, 0.3) is 11.1 Å². The minimum atomic E-state index is -1.68. The van der Waals surface area contributed by atoms with Crippen molar-refractivity contribution in [3.63, 3.8) is 0 Å². The first kappa shape index (κ1) is 82.5. The lowest BCUT2D eigenvalue weighted by Crippen LogP contribution is -2.60. The molecular formula is C77H99N13O13S2. The molecule has 10 atom stereocenters. The predicted octanol–water partition coefficient (Wildman–Crippen LogP) is 3.14. The van der Waals surface area contributed by atoms with Crippen LogP contribution in [0.5, 0.6) is 0 Å². The molecule has 28 heteroatoms.